The van der Waals surface area contributed by atoms with Crippen LogP contribution in [0.3, 0.4) is 0 Å². The van der Waals surface area contributed by atoms with Gasteiger partial charge in [0.25, 0.3) is 0 Å². The highest BCUT2D eigenvalue weighted by Crippen LogP contribution is 2.37. The van der Waals surface area contributed by atoms with Crippen LogP contribution in [0, 0.1) is 6.92 Å². The van der Waals surface area contributed by atoms with E-state index in [1.54, 1.807) is 27.0 Å². The first-order valence-electron chi connectivity index (χ1n) is 7.35. The highest BCUT2D eigenvalue weighted by molar-refractivity contribution is 5.89. The number of aromatic amines is 1. The van der Waals surface area contributed by atoms with E-state index in [1.165, 1.54) is 6.07 Å². The number of aryl methyl sites for hydroxylation is 1. The molecule has 1 heterocycles. The number of imidazole rings is 1. The number of rotatable bonds is 6. The van der Waals surface area contributed by atoms with Gasteiger partial charge in [-0.25, -0.2) is 9.78 Å². The molecule has 0 saturated heterocycles. The fourth-order valence-corrected chi connectivity index (χ4v) is 2.31. The van der Waals surface area contributed by atoms with Crippen LogP contribution in [0.4, 0.5) is 5.69 Å². The average molecular weight is 332 g/mol. The topological polar surface area (TPSA) is 120 Å². The fourth-order valence-electron chi connectivity index (χ4n) is 2.31. The molecule has 0 aliphatic heterocycles. The number of hydrogen-bond donors (Lipinski definition) is 4. The molecule has 0 saturated carbocycles. The van der Waals surface area contributed by atoms with Crippen LogP contribution < -0.4 is 5.32 Å². The quantitative estimate of drug-likeness (QED) is 0.364. The molecule has 1 aromatic carbocycles. The highest BCUT2D eigenvalue weighted by atomic mass is 16.5. The predicted molar refractivity (Wildman–Crippen MR) is 89.6 cm³/mol. The van der Waals surface area contributed by atoms with Crippen molar-refractivity contribution in [1.29, 1.82) is 0 Å². The summed E-state index contributed by atoms with van der Waals surface area (Å²) in [4.78, 5) is 22.8. The van der Waals surface area contributed by atoms with E-state index in [4.69, 9.17) is 4.74 Å². The van der Waals surface area contributed by atoms with Gasteiger partial charge < -0.3 is 19.9 Å². The molecular formula is C16H20N4O4. The summed E-state index contributed by atoms with van der Waals surface area (Å²) in [6, 6.07) is 3.04. The number of aromatic nitrogens is 2. The smallest absolute Gasteiger partial charge is 0.358 e. The molecule has 0 bridgehead atoms. The summed E-state index contributed by atoms with van der Waals surface area (Å²) in [5.41, 5.74) is 1.73. The SMILES string of the molecule is C=Nc1c(O)cc(-c2nc(C(=O)OCC)c(C)[nH]2)cc1C(O)NC. The molecule has 0 aliphatic carbocycles. The van der Waals surface area contributed by atoms with Gasteiger partial charge >= 0.3 is 5.97 Å². The lowest BCUT2D eigenvalue weighted by molar-refractivity contribution is 0.0519. The van der Waals surface area contributed by atoms with Crippen LogP contribution in [0.1, 0.15) is 34.9 Å². The molecule has 0 fully saturated rings. The zero-order valence-corrected chi connectivity index (χ0v) is 13.8. The molecule has 0 radical (unpaired) electrons. The fraction of sp³-hybridized carbons (Fsp3) is 0.312. The maximum Gasteiger partial charge on any atom is 0.358 e. The molecule has 0 amide bonds. The van der Waals surface area contributed by atoms with Gasteiger partial charge in [0.15, 0.2) is 5.69 Å². The lowest BCUT2D eigenvalue weighted by Gasteiger charge is -2.14. The van der Waals surface area contributed by atoms with Gasteiger partial charge in [0, 0.05) is 16.8 Å². The van der Waals surface area contributed by atoms with E-state index in [2.05, 4.69) is 27.0 Å². The Morgan fingerprint density at radius 3 is 2.83 bits per heavy atom. The van der Waals surface area contributed by atoms with Gasteiger partial charge in [0.1, 0.15) is 23.5 Å². The number of nitrogens with one attached hydrogen (secondary N) is 2. The lowest BCUT2D eigenvalue weighted by Crippen LogP contribution is -2.15. The maximum absolute atomic E-state index is 11.9. The Labute approximate surface area is 139 Å². The van der Waals surface area contributed by atoms with Crippen molar-refractivity contribution in [2.24, 2.45) is 4.99 Å². The second-order valence-corrected chi connectivity index (χ2v) is 5.06. The minimum Gasteiger partial charge on any atom is -0.506 e. The number of H-pyrrole nitrogens is 1. The van der Waals surface area contributed by atoms with Gasteiger partial charge in [0.2, 0.25) is 0 Å². The van der Waals surface area contributed by atoms with Crippen molar-refractivity contribution in [2.75, 3.05) is 13.7 Å². The van der Waals surface area contributed by atoms with E-state index in [0.29, 0.717) is 22.6 Å². The van der Waals surface area contributed by atoms with Gasteiger partial charge in [-0.1, -0.05) is 0 Å². The average Bonchev–Trinajstić information content (AvgIpc) is 2.95. The summed E-state index contributed by atoms with van der Waals surface area (Å²) in [7, 11) is 1.57. The number of phenols is 1. The van der Waals surface area contributed by atoms with Crippen molar-refractivity contribution in [3.63, 3.8) is 0 Å². The van der Waals surface area contributed by atoms with Gasteiger partial charge in [-0.05, 0) is 39.7 Å². The molecule has 2 rings (SSSR count). The van der Waals surface area contributed by atoms with Gasteiger partial charge in [0.05, 0.1) is 6.61 Å². The van der Waals surface area contributed by atoms with E-state index >= 15 is 0 Å². The molecule has 4 N–H and O–H groups in total. The second-order valence-electron chi connectivity index (χ2n) is 5.06. The number of nitrogens with zero attached hydrogens (tertiary/aromatic N) is 2. The molecule has 8 heteroatoms. The summed E-state index contributed by atoms with van der Waals surface area (Å²) < 4.78 is 4.95. The van der Waals surface area contributed by atoms with Gasteiger partial charge in [-0.3, -0.25) is 10.3 Å². The maximum atomic E-state index is 11.9. The number of benzene rings is 1. The monoisotopic (exact) mass is 332 g/mol. The first-order valence-corrected chi connectivity index (χ1v) is 7.35. The van der Waals surface area contributed by atoms with Crippen LogP contribution in [0.25, 0.3) is 11.4 Å². The number of carbonyl (C=O) groups is 1. The van der Waals surface area contributed by atoms with Crippen molar-refractivity contribution in [3.8, 4) is 17.1 Å². The zero-order chi connectivity index (χ0) is 17.9. The van der Waals surface area contributed by atoms with E-state index in [0.717, 1.165) is 0 Å². The Bertz CT molecular complexity index is 770. The van der Waals surface area contributed by atoms with Crippen LogP contribution in [0.2, 0.25) is 0 Å². The number of carbonyl (C=O) groups excluding carboxylic acids is 1. The summed E-state index contributed by atoms with van der Waals surface area (Å²) in [6.45, 7) is 7.06. The first kappa shape index (κ1) is 17.6. The van der Waals surface area contributed by atoms with Gasteiger partial charge in [-0.2, -0.15) is 0 Å². The van der Waals surface area contributed by atoms with Crippen LogP contribution >= 0.6 is 0 Å². The summed E-state index contributed by atoms with van der Waals surface area (Å²) in [6.07, 6.45) is -1.04. The third kappa shape index (κ3) is 3.29. The normalized spacial score (nSPS) is 12.0. The molecule has 0 spiro atoms. The second kappa shape index (κ2) is 7.24. The van der Waals surface area contributed by atoms with Crippen molar-refractivity contribution < 1.29 is 19.7 Å². The number of hydrogen-bond acceptors (Lipinski definition) is 7. The molecular weight excluding hydrogens is 312 g/mol. The Hall–Kier alpha value is -2.71. The third-order valence-electron chi connectivity index (χ3n) is 3.47. The minimum atomic E-state index is -1.04. The van der Waals surface area contributed by atoms with Crippen LogP contribution in [0.15, 0.2) is 17.1 Å². The van der Waals surface area contributed by atoms with E-state index in [1.807, 2.05) is 0 Å². The van der Waals surface area contributed by atoms with Crippen molar-refractivity contribution in [1.82, 2.24) is 15.3 Å². The Balaban J connectivity index is 2.53. The Morgan fingerprint density at radius 1 is 1.54 bits per heavy atom. The van der Waals surface area contributed by atoms with Gasteiger partial charge in [-0.15, -0.1) is 0 Å². The van der Waals surface area contributed by atoms with Crippen molar-refractivity contribution >= 4 is 18.4 Å². The van der Waals surface area contributed by atoms with E-state index in [9.17, 15) is 15.0 Å². The molecule has 1 unspecified atom stereocenters. The van der Waals surface area contributed by atoms with Crippen LogP contribution in [-0.2, 0) is 4.74 Å². The summed E-state index contributed by atoms with van der Waals surface area (Å²) >= 11 is 0. The predicted octanol–water partition coefficient (Wildman–Crippen LogP) is 1.81. The highest BCUT2D eigenvalue weighted by Gasteiger charge is 2.20. The van der Waals surface area contributed by atoms with Crippen molar-refractivity contribution in [3.05, 3.63) is 29.1 Å². The zero-order valence-electron chi connectivity index (χ0n) is 13.8. The standard InChI is InChI=1S/C16H20N4O4/c1-5-24-16(23)12-8(2)19-14(20-12)9-6-10(15(22)18-4)13(17-3)11(21)7-9/h6-7,15,18,21-22H,3,5H2,1-2,4H3,(H,19,20). The molecule has 128 valence electrons. The Morgan fingerprint density at radius 2 is 2.25 bits per heavy atom. The third-order valence-corrected chi connectivity index (χ3v) is 3.47. The van der Waals surface area contributed by atoms with Crippen molar-refractivity contribution in [2.45, 2.75) is 20.1 Å². The largest absolute Gasteiger partial charge is 0.506 e. The molecule has 2 aromatic rings. The number of aromatic hydroxyl groups is 1. The number of aliphatic hydroxyl groups is 1. The summed E-state index contributed by atoms with van der Waals surface area (Å²) in [5.74, 6) is -0.314. The first-order chi connectivity index (χ1) is 11.4. The number of aliphatic hydroxyl groups excluding tert-OH is 1. The van der Waals surface area contributed by atoms with Crippen LogP contribution in [-0.4, -0.2) is 46.5 Å². The number of ether oxygens (including phenoxy) is 1. The number of aliphatic imine (C=N–C) groups is 1. The molecule has 1 atom stereocenters. The molecule has 1 aromatic heterocycles. The van der Waals surface area contributed by atoms with E-state index < -0.39 is 12.2 Å². The molecule has 8 nitrogen and oxygen atoms in total. The minimum absolute atomic E-state index is 0.154. The molecule has 24 heavy (non-hydrogen) atoms. The van der Waals surface area contributed by atoms with E-state index in [-0.39, 0.29) is 23.7 Å². The number of esters is 1. The molecule has 0 aliphatic rings. The summed E-state index contributed by atoms with van der Waals surface area (Å²) in [5, 5.41) is 22.8. The number of phenolic OH excluding ortho intramolecular Hbond substituents is 1. The Kier molecular flexibility index (Phi) is 5.32. The van der Waals surface area contributed by atoms with Crippen LogP contribution in [0.5, 0.6) is 5.75 Å². The lowest BCUT2D eigenvalue weighted by atomic mass is 10.1.